The Bertz CT molecular complexity index is 739. The molecule has 0 spiro atoms. The van der Waals surface area contributed by atoms with E-state index in [9.17, 15) is 14.4 Å². The highest BCUT2D eigenvalue weighted by atomic mass is 79.9. The van der Waals surface area contributed by atoms with Gasteiger partial charge < -0.3 is 14.8 Å². The van der Waals surface area contributed by atoms with Gasteiger partial charge in [0.25, 0.3) is 5.91 Å². The third-order valence-electron chi connectivity index (χ3n) is 2.87. The molecule has 0 atom stereocenters. The van der Waals surface area contributed by atoms with E-state index in [-0.39, 0.29) is 26.7 Å². The van der Waals surface area contributed by atoms with E-state index < -0.39 is 11.9 Å². The van der Waals surface area contributed by atoms with Crippen LogP contribution in [0.4, 0.5) is 5.00 Å². The van der Waals surface area contributed by atoms with Gasteiger partial charge in [0.15, 0.2) is 0 Å². The molecule has 1 N–H and O–H groups in total. The number of esters is 2. The second-order valence-electron chi connectivity index (χ2n) is 4.16. The Labute approximate surface area is 148 Å². The lowest BCUT2D eigenvalue weighted by molar-refractivity contribution is 0.0601. The summed E-state index contributed by atoms with van der Waals surface area (Å²) in [7, 11) is 2.49. The maximum atomic E-state index is 12.2. The van der Waals surface area contributed by atoms with Gasteiger partial charge in [0, 0.05) is 10.9 Å². The van der Waals surface area contributed by atoms with Crippen LogP contribution in [0.1, 0.15) is 35.3 Å². The predicted octanol–water partition coefficient (Wildman–Crippen LogP) is 3.53. The topological polar surface area (TPSA) is 81.7 Å². The van der Waals surface area contributed by atoms with Gasteiger partial charge in [-0.15, -0.1) is 22.7 Å². The molecule has 0 bridgehead atoms. The van der Waals surface area contributed by atoms with Crippen LogP contribution >= 0.6 is 38.6 Å². The lowest BCUT2D eigenvalue weighted by atomic mass is 10.1. The molecule has 0 unspecified atom stereocenters. The summed E-state index contributed by atoms with van der Waals surface area (Å²) < 4.78 is 9.49. The molecule has 2 heterocycles. The number of ether oxygens (including phenoxy) is 2. The summed E-state index contributed by atoms with van der Waals surface area (Å²) in [4.78, 5) is 36.9. The summed E-state index contributed by atoms with van der Waals surface area (Å²) in [5, 5.41) is 4.93. The van der Waals surface area contributed by atoms with Crippen molar-refractivity contribution in [2.24, 2.45) is 0 Å². The van der Waals surface area contributed by atoms with Crippen molar-refractivity contribution in [2.75, 3.05) is 19.5 Å². The molecule has 6 nitrogen and oxygen atoms in total. The molecule has 0 aliphatic rings. The highest BCUT2D eigenvalue weighted by Gasteiger charge is 2.28. The molecular formula is C14H12BrNO5S2. The van der Waals surface area contributed by atoms with Gasteiger partial charge >= 0.3 is 11.9 Å². The molecule has 0 radical (unpaired) electrons. The Morgan fingerprint density at radius 3 is 2.43 bits per heavy atom. The van der Waals surface area contributed by atoms with Crippen LogP contribution in [-0.2, 0) is 14.8 Å². The zero-order chi connectivity index (χ0) is 17.0. The fraction of sp³-hybridized carbons (Fsp3) is 0.214. The second-order valence-corrected chi connectivity index (χ2v) is 6.69. The van der Waals surface area contributed by atoms with Crippen molar-refractivity contribution in [3.05, 3.63) is 38.4 Å². The summed E-state index contributed by atoms with van der Waals surface area (Å²) in [6, 6.07) is 3.41. The Balaban J connectivity index is 2.48. The van der Waals surface area contributed by atoms with E-state index in [1.165, 1.54) is 25.6 Å². The Morgan fingerprint density at radius 2 is 1.91 bits per heavy atom. The van der Waals surface area contributed by atoms with Gasteiger partial charge in [0.2, 0.25) is 0 Å². The molecule has 0 aliphatic heterocycles. The highest BCUT2D eigenvalue weighted by Crippen LogP contribution is 2.36. The number of thiophene rings is 2. The van der Waals surface area contributed by atoms with Gasteiger partial charge in [-0.3, -0.25) is 4.79 Å². The second kappa shape index (κ2) is 7.71. The molecule has 23 heavy (non-hydrogen) atoms. The van der Waals surface area contributed by atoms with E-state index in [2.05, 4.69) is 21.2 Å². The van der Waals surface area contributed by atoms with Crippen molar-refractivity contribution in [3.8, 4) is 0 Å². The van der Waals surface area contributed by atoms with Gasteiger partial charge in [0.1, 0.15) is 9.88 Å². The van der Waals surface area contributed by atoms with Crippen LogP contribution in [0.25, 0.3) is 0 Å². The molecule has 122 valence electrons. The number of methoxy groups -OCH3 is 2. The first-order chi connectivity index (χ1) is 11.0. The molecule has 2 aromatic heterocycles. The number of hydrogen-bond acceptors (Lipinski definition) is 7. The molecule has 0 saturated heterocycles. The lowest BCUT2D eigenvalue weighted by Gasteiger charge is -2.05. The Morgan fingerprint density at radius 1 is 1.22 bits per heavy atom. The summed E-state index contributed by atoms with van der Waals surface area (Å²) >= 11 is 5.51. The number of amides is 1. The lowest BCUT2D eigenvalue weighted by Crippen LogP contribution is -2.13. The van der Waals surface area contributed by atoms with Crippen LogP contribution in [-0.4, -0.2) is 32.1 Å². The third kappa shape index (κ3) is 3.62. The number of halogens is 1. The van der Waals surface area contributed by atoms with Crippen molar-refractivity contribution < 1.29 is 23.9 Å². The zero-order valence-corrected chi connectivity index (χ0v) is 15.4. The number of nitrogens with one attached hydrogen (secondary N) is 1. The van der Waals surface area contributed by atoms with Gasteiger partial charge in [-0.25, -0.2) is 9.59 Å². The molecule has 2 aromatic rings. The highest BCUT2D eigenvalue weighted by molar-refractivity contribution is 9.08. The van der Waals surface area contributed by atoms with Gasteiger partial charge in [-0.2, -0.15) is 0 Å². The smallest absolute Gasteiger partial charge is 0.348 e. The first kappa shape index (κ1) is 17.6. The minimum atomic E-state index is -0.632. The monoisotopic (exact) mass is 417 g/mol. The van der Waals surface area contributed by atoms with Crippen LogP contribution in [0.3, 0.4) is 0 Å². The van der Waals surface area contributed by atoms with Gasteiger partial charge in [-0.1, -0.05) is 22.0 Å². The van der Waals surface area contributed by atoms with Crippen LogP contribution in [0.5, 0.6) is 0 Å². The SMILES string of the molecule is COC(=O)c1sc(NC(=O)c2cccs2)c(C(=O)OC)c1CBr. The molecule has 2 rings (SSSR count). The normalized spacial score (nSPS) is 10.2. The van der Waals surface area contributed by atoms with Crippen molar-refractivity contribution >= 4 is 61.5 Å². The van der Waals surface area contributed by atoms with Crippen LogP contribution in [0, 0.1) is 0 Å². The van der Waals surface area contributed by atoms with Crippen LogP contribution in [0.15, 0.2) is 17.5 Å². The standard InChI is InChI=1S/C14H12BrNO5S2/c1-20-13(18)9-7(6-15)10(14(19)21-2)23-12(9)16-11(17)8-4-3-5-22-8/h3-5H,6H2,1-2H3,(H,16,17). The number of carbonyl (C=O) groups excluding carboxylic acids is 3. The Kier molecular flexibility index (Phi) is 5.91. The van der Waals surface area contributed by atoms with Crippen LogP contribution < -0.4 is 5.32 Å². The van der Waals surface area contributed by atoms with Gasteiger partial charge in [-0.05, 0) is 11.4 Å². The molecule has 1 amide bonds. The predicted molar refractivity (Wildman–Crippen MR) is 91.9 cm³/mol. The summed E-state index contributed by atoms with van der Waals surface area (Å²) in [6.45, 7) is 0. The zero-order valence-electron chi connectivity index (χ0n) is 12.2. The third-order valence-corrected chi connectivity index (χ3v) is 5.43. The van der Waals surface area contributed by atoms with E-state index in [1.54, 1.807) is 17.5 Å². The van der Waals surface area contributed by atoms with Crippen molar-refractivity contribution in [1.29, 1.82) is 0 Å². The number of anilines is 1. The number of carbonyl (C=O) groups is 3. The van der Waals surface area contributed by atoms with Crippen LogP contribution in [0.2, 0.25) is 0 Å². The fourth-order valence-electron chi connectivity index (χ4n) is 1.83. The Hall–Kier alpha value is -1.71. The summed E-state index contributed by atoms with van der Waals surface area (Å²) in [6.07, 6.45) is 0. The molecule has 0 fully saturated rings. The minimum Gasteiger partial charge on any atom is -0.465 e. The number of alkyl halides is 1. The van der Waals surface area contributed by atoms with Crippen molar-refractivity contribution in [2.45, 2.75) is 5.33 Å². The number of rotatable bonds is 5. The van der Waals surface area contributed by atoms with E-state index in [0.717, 1.165) is 11.3 Å². The molecule has 9 heteroatoms. The van der Waals surface area contributed by atoms with E-state index in [0.29, 0.717) is 10.4 Å². The molecular weight excluding hydrogens is 406 g/mol. The quantitative estimate of drug-likeness (QED) is 0.594. The molecule has 0 aromatic carbocycles. The fourth-order valence-corrected chi connectivity index (χ4v) is 4.31. The first-order valence-corrected chi connectivity index (χ1v) is 9.08. The molecule has 0 saturated carbocycles. The maximum Gasteiger partial charge on any atom is 0.348 e. The largest absolute Gasteiger partial charge is 0.465 e. The van der Waals surface area contributed by atoms with E-state index in [4.69, 9.17) is 9.47 Å². The first-order valence-electron chi connectivity index (χ1n) is 6.26. The maximum absolute atomic E-state index is 12.2. The van der Waals surface area contributed by atoms with Crippen molar-refractivity contribution in [3.63, 3.8) is 0 Å². The number of hydrogen-bond donors (Lipinski definition) is 1. The van der Waals surface area contributed by atoms with Crippen molar-refractivity contribution in [1.82, 2.24) is 0 Å². The molecule has 0 aliphatic carbocycles. The van der Waals surface area contributed by atoms with E-state index >= 15 is 0 Å². The van der Waals surface area contributed by atoms with Gasteiger partial charge in [0.05, 0.1) is 24.7 Å². The average Bonchev–Trinajstić information content (AvgIpc) is 3.20. The average molecular weight is 418 g/mol. The minimum absolute atomic E-state index is 0.152. The summed E-state index contributed by atoms with van der Waals surface area (Å²) in [5.74, 6) is -1.57. The van der Waals surface area contributed by atoms with E-state index in [1.807, 2.05) is 0 Å². The summed E-state index contributed by atoms with van der Waals surface area (Å²) in [5.41, 5.74) is 0.579.